The number of hydrogen-bond acceptors (Lipinski definition) is 3. The molecule has 7 heteroatoms. The zero-order valence-electron chi connectivity index (χ0n) is 12.3. The maximum atomic E-state index is 11.6. The zero-order chi connectivity index (χ0) is 15.8. The molecule has 0 bridgehead atoms. The third-order valence-corrected chi connectivity index (χ3v) is 4.08. The average Bonchev–Trinajstić information content (AvgIpc) is 2.44. The molecule has 0 radical (unpaired) electrons. The topological polar surface area (TPSA) is 116 Å². The molecule has 0 saturated heterocycles. The Morgan fingerprint density at radius 2 is 1.67 bits per heavy atom. The molecule has 2 amide bonds. The van der Waals surface area contributed by atoms with Crippen LogP contribution in [0.1, 0.15) is 45.4 Å². The number of carboxylic acid groups (broad SMARTS) is 2. The van der Waals surface area contributed by atoms with Crippen molar-refractivity contribution in [1.29, 1.82) is 0 Å². The summed E-state index contributed by atoms with van der Waals surface area (Å²) < 4.78 is 0. The van der Waals surface area contributed by atoms with Gasteiger partial charge >= 0.3 is 18.0 Å². The highest BCUT2D eigenvalue weighted by molar-refractivity contribution is 5.86. The first-order chi connectivity index (χ1) is 9.92. The summed E-state index contributed by atoms with van der Waals surface area (Å²) in [7, 11) is 0. The lowest BCUT2D eigenvalue weighted by molar-refractivity contribution is -0.145. The van der Waals surface area contributed by atoms with Crippen molar-refractivity contribution in [3.8, 4) is 0 Å². The van der Waals surface area contributed by atoms with Crippen LogP contribution < -0.4 is 10.6 Å². The molecule has 1 fully saturated rings. The number of urea groups is 1. The fraction of sp³-hybridized carbons (Fsp3) is 0.786. The Labute approximate surface area is 124 Å². The van der Waals surface area contributed by atoms with E-state index in [1.165, 1.54) is 19.3 Å². The Morgan fingerprint density at radius 3 is 2.14 bits per heavy atom. The molecule has 0 aromatic heterocycles. The smallest absolute Gasteiger partial charge is 0.326 e. The fourth-order valence-electron chi connectivity index (χ4n) is 2.66. The minimum Gasteiger partial charge on any atom is -0.481 e. The standard InChI is InChI=1S/C14H24N2O5/c1-2-9-3-5-10(6-4-9)8-15-14(21)16-11(13(19)20)7-12(17)18/h9-11H,2-8H2,1H3,(H,17,18)(H,19,20)(H2,15,16,21). The van der Waals surface area contributed by atoms with Gasteiger partial charge in [0.2, 0.25) is 0 Å². The number of carbonyl (C=O) groups is 3. The molecule has 1 atom stereocenters. The Bertz CT molecular complexity index is 378. The summed E-state index contributed by atoms with van der Waals surface area (Å²) in [6, 6.07) is -2.03. The largest absolute Gasteiger partial charge is 0.481 e. The van der Waals surface area contributed by atoms with E-state index in [0.29, 0.717) is 12.5 Å². The van der Waals surface area contributed by atoms with Gasteiger partial charge in [0.1, 0.15) is 6.04 Å². The first-order valence-corrected chi connectivity index (χ1v) is 7.41. The zero-order valence-corrected chi connectivity index (χ0v) is 12.3. The maximum absolute atomic E-state index is 11.6. The molecule has 7 nitrogen and oxygen atoms in total. The van der Waals surface area contributed by atoms with Crippen LogP contribution in [0.25, 0.3) is 0 Å². The molecule has 1 saturated carbocycles. The van der Waals surface area contributed by atoms with Gasteiger partial charge in [0.25, 0.3) is 0 Å². The average molecular weight is 300 g/mol. The van der Waals surface area contributed by atoms with Gasteiger partial charge in [-0.25, -0.2) is 9.59 Å². The third-order valence-electron chi connectivity index (χ3n) is 4.08. The molecular formula is C14H24N2O5. The van der Waals surface area contributed by atoms with E-state index in [0.717, 1.165) is 18.8 Å². The van der Waals surface area contributed by atoms with Crippen molar-refractivity contribution < 1.29 is 24.6 Å². The number of nitrogens with one attached hydrogen (secondary N) is 2. The van der Waals surface area contributed by atoms with E-state index in [1.807, 2.05) is 0 Å². The summed E-state index contributed by atoms with van der Waals surface area (Å²) in [5, 5.41) is 22.2. The molecule has 1 rings (SSSR count). The van der Waals surface area contributed by atoms with Crippen LogP contribution >= 0.6 is 0 Å². The van der Waals surface area contributed by atoms with E-state index >= 15 is 0 Å². The van der Waals surface area contributed by atoms with Gasteiger partial charge in [0, 0.05) is 6.54 Å². The number of amides is 2. The van der Waals surface area contributed by atoms with Gasteiger partial charge in [0.05, 0.1) is 6.42 Å². The van der Waals surface area contributed by atoms with Crippen molar-refractivity contribution in [3.05, 3.63) is 0 Å². The van der Waals surface area contributed by atoms with Crippen LogP contribution in [-0.4, -0.2) is 40.8 Å². The summed E-state index contributed by atoms with van der Waals surface area (Å²) in [5.74, 6) is -1.42. The van der Waals surface area contributed by atoms with E-state index < -0.39 is 30.4 Å². The van der Waals surface area contributed by atoms with Gasteiger partial charge in [-0.05, 0) is 24.7 Å². The lowest BCUT2D eigenvalue weighted by Gasteiger charge is -2.28. The van der Waals surface area contributed by atoms with Crippen LogP contribution in [0.2, 0.25) is 0 Å². The number of rotatable bonds is 7. The van der Waals surface area contributed by atoms with Gasteiger partial charge in [0.15, 0.2) is 0 Å². The molecule has 4 N–H and O–H groups in total. The number of carboxylic acids is 2. The van der Waals surface area contributed by atoms with Crippen LogP contribution in [0.15, 0.2) is 0 Å². The predicted octanol–water partition coefficient (Wildman–Crippen LogP) is 1.43. The maximum Gasteiger partial charge on any atom is 0.326 e. The van der Waals surface area contributed by atoms with Gasteiger partial charge in [-0.1, -0.05) is 26.2 Å². The second-order valence-corrected chi connectivity index (χ2v) is 5.64. The first kappa shape index (κ1) is 17.3. The number of carbonyl (C=O) groups excluding carboxylic acids is 1. The van der Waals surface area contributed by atoms with Crippen molar-refractivity contribution >= 4 is 18.0 Å². The summed E-state index contributed by atoms with van der Waals surface area (Å²) in [4.78, 5) is 33.0. The molecule has 0 aromatic rings. The minimum atomic E-state index is -1.40. The van der Waals surface area contributed by atoms with E-state index in [2.05, 4.69) is 17.6 Å². The molecule has 1 aliphatic carbocycles. The second kappa shape index (κ2) is 8.49. The minimum absolute atomic E-state index is 0.418. The third kappa shape index (κ3) is 6.46. The lowest BCUT2D eigenvalue weighted by Crippen LogP contribution is -2.48. The molecule has 0 aliphatic heterocycles. The van der Waals surface area contributed by atoms with Crippen molar-refractivity contribution in [3.63, 3.8) is 0 Å². The van der Waals surface area contributed by atoms with Gasteiger partial charge in [-0.15, -0.1) is 0 Å². The monoisotopic (exact) mass is 300 g/mol. The van der Waals surface area contributed by atoms with Crippen LogP contribution in [0.3, 0.4) is 0 Å². The second-order valence-electron chi connectivity index (χ2n) is 5.64. The normalized spacial score (nSPS) is 23.1. The van der Waals surface area contributed by atoms with E-state index in [-0.39, 0.29) is 0 Å². The van der Waals surface area contributed by atoms with Crippen molar-refractivity contribution in [1.82, 2.24) is 10.6 Å². The SMILES string of the molecule is CCC1CCC(CNC(=O)NC(CC(=O)O)C(=O)O)CC1. The van der Waals surface area contributed by atoms with Crippen LogP contribution in [0, 0.1) is 11.8 Å². The van der Waals surface area contributed by atoms with Crippen molar-refractivity contribution in [2.75, 3.05) is 6.54 Å². The molecule has 0 aromatic carbocycles. The molecule has 1 aliphatic rings. The Balaban J connectivity index is 2.30. The molecular weight excluding hydrogens is 276 g/mol. The highest BCUT2D eigenvalue weighted by Crippen LogP contribution is 2.29. The lowest BCUT2D eigenvalue weighted by atomic mass is 9.81. The first-order valence-electron chi connectivity index (χ1n) is 7.41. The Morgan fingerprint density at radius 1 is 1.10 bits per heavy atom. The molecule has 0 spiro atoms. The highest BCUT2D eigenvalue weighted by atomic mass is 16.4. The van der Waals surface area contributed by atoms with Gasteiger partial charge in [-0.2, -0.15) is 0 Å². The Kier molecular flexibility index (Phi) is 6.98. The van der Waals surface area contributed by atoms with E-state index in [9.17, 15) is 14.4 Å². The summed E-state index contributed by atoms with van der Waals surface area (Å²) in [6.07, 6.45) is 5.02. The summed E-state index contributed by atoms with van der Waals surface area (Å²) >= 11 is 0. The van der Waals surface area contributed by atoms with Crippen LogP contribution in [0.4, 0.5) is 4.79 Å². The van der Waals surface area contributed by atoms with Crippen LogP contribution in [-0.2, 0) is 9.59 Å². The molecule has 21 heavy (non-hydrogen) atoms. The summed E-state index contributed by atoms with van der Waals surface area (Å²) in [6.45, 7) is 2.69. The fourth-order valence-corrected chi connectivity index (χ4v) is 2.66. The number of aliphatic carboxylic acids is 2. The van der Waals surface area contributed by atoms with Gasteiger partial charge in [-0.3, -0.25) is 4.79 Å². The molecule has 0 heterocycles. The van der Waals surface area contributed by atoms with Crippen molar-refractivity contribution in [2.45, 2.75) is 51.5 Å². The number of hydrogen-bond donors (Lipinski definition) is 4. The predicted molar refractivity (Wildman–Crippen MR) is 76.0 cm³/mol. The van der Waals surface area contributed by atoms with E-state index in [1.54, 1.807) is 0 Å². The van der Waals surface area contributed by atoms with Crippen LogP contribution in [0.5, 0.6) is 0 Å². The van der Waals surface area contributed by atoms with E-state index in [4.69, 9.17) is 10.2 Å². The quantitative estimate of drug-likeness (QED) is 0.567. The van der Waals surface area contributed by atoms with Crippen molar-refractivity contribution in [2.24, 2.45) is 11.8 Å². The van der Waals surface area contributed by atoms with Gasteiger partial charge < -0.3 is 20.8 Å². The molecule has 120 valence electrons. The molecule has 1 unspecified atom stereocenters. The Hall–Kier alpha value is -1.79. The highest BCUT2D eigenvalue weighted by Gasteiger charge is 2.24. The summed E-state index contributed by atoms with van der Waals surface area (Å²) in [5.41, 5.74) is 0.